The van der Waals surface area contributed by atoms with Crippen molar-refractivity contribution in [1.29, 1.82) is 0 Å². The first-order valence-corrected chi connectivity index (χ1v) is 10.1. The predicted octanol–water partition coefficient (Wildman–Crippen LogP) is 3.79. The van der Waals surface area contributed by atoms with Crippen LogP contribution in [0.2, 0.25) is 0 Å². The third kappa shape index (κ3) is 3.20. The number of hydrogen-bond donors (Lipinski definition) is 0. The Morgan fingerprint density at radius 3 is 2.42 bits per heavy atom. The Kier molecular flexibility index (Phi) is 4.65. The maximum atomic E-state index is 12.8. The van der Waals surface area contributed by atoms with E-state index in [0.29, 0.717) is 18.8 Å². The van der Waals surface area contributed by atoms with Gasteiger partial charge in [-0.15, -0.1) is 11.3 Å². The molecule has 4 rings (SSSR count). The van der Waals surface area contributed by atoms with Crippen molar-refractivity contribution in [2.75, 3.05) is 28.6 Å². The quantitative estimate of drug-likeness (QED) is 0.646. The summed E-state index contributed by atoms with van der Waals surface area (Å²) in [6, 6.07) is 15.5. The van der Waals surface area contributed by atoms with Gasteiger partial charge in [-0.3, -0.25) is 9.59 Å². The molecule has 0 N–H and O–H groups in total. The number of fused-ring (bicyclic) bond motifs is 2. The summed E-state index contributed by atoms with van der Waals surface area (Å²) in [6.45, 7) is 2.58. The number of rotatable bonds is 3. The van der Waals surface area contributed by atoms with Crippen LogP contribution in [0.25, 0.3) is 10.2 Å². The second-order valence-corrected chi connectivity index (χ2v) is 8.19. The number of amides is 2. The van der Waals surface area contributed by atoms with Crippen molar-refractivity contribution in [3.8, 4) is 0 Å². The van der Waals surface area contributed by atoms with Gasteiger partial charge in [0, 0.05) is 20.0 Å². The fourth-order valence-corrected chi connectivity index (χ4v) is 5.01. The van der Waals surface area contributed by atoms with Crippen LogP contribution >= 0.6 is 23.1 Å². The molecule has 1 aromatic heterocycles. The molecule has 5 nitrogen and oxygen atoms in total. The van der Waals surface area contributed by atoms with Gasteiger partial charge in [0.2, 0.25) is 11.8 Å². The number of aromatic nitrogens is 1. The molecular weight excluding hydrogens is 366 g/mol. The van der Waals surface area contributed by atoms with E-state index in [2.05, 4.69) is 4.98 Å². The summed E-state index contributed by atoms with van der Waals surface area (Å²) in [5.41, 5.74) is 2.56. The molecule has 0 atom stereocenters. The molecule has 7 heteroatoms. The van der Waals surface area contributed by atoms with Gasteiger partial charge >= 0.3 is 0 Å². The fourth-order valence-electron chi connectivity index (χ4n) is 3.06. The highest BCUT2D eigenvalue weighted by Gasteiger charge is 2.28. The van der Waals surface area contributed by atoms with Crippen LogP contribution < -0.4 is 9.80 Å². The summed E-state index contributed by atoms with van der Waals surface area (Å²) >= 11 is 3.07. The summed E-state index contributed by atoms with van der Waals surface area (Å²) in [5, 5.41) is 0. The molecule has 0 aliphatic carbocycles. The molecule has 2 aromatic carbocycles. The first-order chi connectivity index (χ1) is 12.6. The van der Waals surface area contributed by atoms with Crippen LogP contribution in [0, 0.1) is 0 Å². The Balaban J connectivity index is 1.51. The van der Waals surface area contributed by atoms with Gasteiger partial charge in [-0.1, -0.05) is 36.0 Å². The van der Waals surface area contributed by atoms with Crippen LogP contribution in [0.15, 0.2) is 52.9 Å². The Bertz CT molecular complexity index is 953. The van der Waals surface area contributed by atoms with Gasteiger partial charge in [0.25, 0.3) is 0 Å². The standard InChI is InChI=1S/C19H17N3O2S2/c1-13(23)21-10-11-22(16-8-4-3-7-15(16)21)18(24)12-25-19-20-14-6-2-5-9-17(14)26-19/h2-9H,10-12H2,1H3. The van der Waals surface area contributed by atoms with Crippen molar-refractivity contribution in [2.24, 2.45) is 0 Å². The molecule has 2 amide bonds. The number of anilines is 2. The highest BCUT2D eigenvalue weighted by Crippen LogP contribution is 2.34. The smallest absolute Gasteiger partial charge is 0.237 e. The molecule has 0 saturated heterocycles. The van der Waals surface area contributed by atoms with Gasteiger partial charge in [-0.05, 0) is 24.3 Å². The number of carbonyl (C=O) groups is 2. The van der Waals surface area contributed by atoms with Crippen molar-refractivity contribution in [2.45, 2.75) is 11.3 Å². The minimum atomic E-state index is -0.00611. The summed E-state index contributed by atoms with van der Waals surface area (Å²) in [4.78, 5) is 32.7. The van der Waals surface area contributed by atoms with Crippen molar-refractivity contribution >= 4 is 56.5 Å². The molecule has 132 valence electrons. The highest BCUT2D eigenvalue weighted by atomic mass is 32.2. The normalized spacial score (nSPS) is 13.7. The van der Waals surface area contributed by atoms with E-state index in [4.69, 9.17) is 0 Å². The van der Waals surface area contributed by atoms with Crippen molar-refractivity contribution in [1.82, 2.24) is 4.98 Å². The molecule has 3 aromatic rings. The van der Waals surface area contributed by atoms with Crippen molar-refractivity contribution in [3.63, 3.8) is 0 Å². The van der Waals surface area contributed by atoms with Crippen LogP contribution in [0.1, 0.15) is 6.92 Å². The zero-order chi connectivity index (χ0) is 18.1. The maximum absolute atomic E-state index is 12.8. The first kappa shape index (κ1) is 17.1. The molecule has 26 heavy (non-hydrogen) atoms. The minimum Gasteiger partial charge on any atom is -0.309 e. The van der Waals surface area contributed by atoms with Gasteiger partial charge < -0.3 is 9.80 Å². The number of thiazole rings is 1. The topological polar surface area (TPSA) is 53.5 Å². The summed E-state index contributed by atoms with van der Waals surface area (Å²) in [6.07, 6.45) is 0. The Hall–Kier alpha value is -2.38. The molecule has 0 fully saturated rings. The number of para-hydroxylation sites is 3. The number of carbonyl (C=O) groups excluding carboxylic acids is 2. The summed E-state index contributed by atoms with van der Waals surface area (Å²) in [7, 11) is 0. The number of benzene rings is 2. The van der Waals surface area contributed by atoms with E-state index < -0.39 is 0 Å². The lowest BCUT2D eigenvalue weighted by Crippen LogP contribution is -2.46. The van der Waals surface area contributed by atoms with Gasteiger partial charge in [-0.2, -0.15) is 0 Å². The maximum Gasteiger partial charge on any atom is 0.237 e. The summed E-state index contributed by atoms with van der Waals surface area (Å²) in [5.74, 6) is 0.354. The lowest BCUT2D eigenvalue weighted by molar-refractivity contribution is -0.118. The monoisotopic (exact) mass is 383 g/mol. The van der Waals surface area contributed by atoms with E-state index in [1.807, 2.05) is 48.5 Å². The van der Waals surface area contributed by atoms with E-state index in [-0.39, 0.29) is 11.8 Å². The highest BCUT2D eigenvalue weighted by molar-refractivity contribution is 8.01. The third-order valence-electron chi connectivity index (χ3n) is 4.29. The van der Waals surface area contributed by atoms with Gasteiger partial charge in [0.15, 0.2) is 4.34 Å². The largest absolute Gasteiger partial charge is 0.309 e. The Morgan fingerprint density at radius 2 is 1.69 bits per heavy atom. The molecule has 0 spiro atoms. The van der Waals surface area contributed by atoms with Crippen LogP contribution in [0.5, 0.6) is 0 Å². The SMILES string of the molecule is CC(=O)N1CCN(C(=O)CSc2nc3ccccc3s2)c2ccccc21. The average molecular weight is 383 g/mol. The van der Waals surface area contributed by atoms with Gasteiger partial charge in [0.05, 0.1) is 27.3 Å². The van der Waals surface area contributed by atoms with E-state index in [9.17, 15) is 9.59 Å². The average Bonchev–Trinajstić information content (AvgIpc) is 3.08. The predicted molar refractivity (Wildman–Crippen MR) is 107 cm³/mol. The van der Waals surface area contributed by atoms with Crippen LogP contribution in [-0.4, -0.2) is 35.6 Å². The zero-order valence-electron chi connectivity index (χ0n) is 14.2. The molecule has 1 aliphatic rings. The second kappa shape index (κ2) is 7.09. The number of hydrogen-bond acceptors (Lipinski definition) is 5. The molecule has 0 bridgehead atoms. The Labute approximate surface area is 159 Å². The lowest BCUT2D eigenvalue weighted by Gasteiger charge is -2.36. The molecule has 1 aliphatic heterocycles. The molecule has 0 saturated carbocycles. The molecule has 0 unspecified atom stereocenters. The fraction of sp³-hybridized carbons (Fsp3) is 0.211. The van der Waals surface area contributed by atoms with E-state index >= 15 is 0 Å². The van der Waals surface area contributed by atoms with Crippen LogP contribution in [-0.2, 0) is 9.59 Å². The van der Waals surface area contributed by atoms with E-state index in [1.165, 1.54) is 11.8 Å². The minimum absolute atomic E-state index is 0.00611. The lowest BCUT2D eigenvalue weighted by atomic mass is 10.1. The molecular formula is C19H17N3O2S2. The van der Waals surface area contributed by atoms with E-state index in [1.54, 1.807) is 28.1 Å². The van der Waals surface area contributed by atoms with Crippen molar-refractivity contribution in [3.05, 3.63) is 48.5 Å². The van der Waals surface area contributed by atoms with Crippen molar-refractivity contribution < 1.29 is 9.59 Å². The Morgan fingerprint density at radius 1 is 1.04 bits per heavy atom. The van der Waals surface area contributed by atoms with Gasteiger partial charge in [-0.25, -0.2) is 4.98 Å². The zero-order valence-corrected chi connectivity index (χ0v) is 15.8. The van der Waals surface area contributed by atoms with Crippen LogP contribution in [0.4, 0.5) is 11.4 Å². The molecule has 2 heterocycles. The summed E-state index contributed by atoms with van der Waals surface area (Å²) < 4.78 is 2.03. The molecule has 0 radical (unpaired) electrons. The second-order valence-electron chi connectivity index (χ2n) is 5.94. The van der Waals surface area contributed by atoms with Gasteiger partial charge in [0.1, 0.15) is 0 Å². The van der Waals surface area contributed by atoms with Crippen LogP contribution in [0.3, 0.4) is 0 Å². The third-order valence-corrected chi connectivity index (χ3v) is 6.45. The first-order valence-electron chi connectivity index (χ1n) is 8.29. The number of thioether (sulfide) groups is 1. The number of nitrogens with zero attached hydrogens (tertiary/aromatic N) is 3. The van der Waals surface area contributed by atoms with E-state index in [0.717, 1.165) is 25.9 Å².